The van der Waals surface area contributed by atoms with Crippen molar-refractivity contribution in [2.24, 2.45) is 0 Å². The third-order valence-electron chi connectivity index (χ3n) is 4.22. The van der Waals surface area contributed by atoms with E-state index in [2.05, 4.69) is 17.1 Å². The second kappa shape index (κ2) is 8.15. The predicted octanol–water partition coefficient (Wildman–Crippen LogP) is 2.42. The first-order chi connectivity index (χ1) is 10.2. The van der Waals surface area contributed by atoms with Crippen LogP contribution in [-0.2, 0) is 11.2 Å². The van der Waals surface area contributed by atoms with Gasteiger partial charge < -0.3 is 10.4 Å². The Bertz CT molecular complexity index is 439. The Kier molecular flexibility index (Phi) is 6.21. The summed E-state index contributed by atoms with van der Waals surface area (Å²) in [5, 5.41) is 12.1. The summed E-state index contributed by atoms with van der Waals surface area (Å²) in [5.74, 6) is -0.000372. The number of anilines is 1. The molecule has 1 aromatic rings. The van der Waals surface area contributed by atoms with E-state index in [0.717, 1.165) is 24.9 Å². The number of nitrogens with zero attached hydrogens (tertiary/aromatic N) is 1. The van der Waals surface area contributed by atoms with Crippen LogP contribution in [0.25, 0.3) is 0 Å². The van der Waals surface area contributed by atoms with Gasteiger partial charge in [-0.2, -0.15) is 0 Å². The SMILES string of the molecule is CCc1ccc(NC(=O)CN(CCO)C2CCCC2)cc1. The van der Waals surface area contributed by atoms with Crippen LogP contribution in [0.3, 0.4) is 0 Å². The van der Waals surface area contributed by atoms with E-state index in [0.29, 0.717) is 19.1 Å². The number of hydrogen-bond acceptors (Lipinski definition) is 3. The average Bonchev–Trinajstić information content (AvgIpc) is 3.02. The molecule has 0 saturated heterocycles. The molecule has 1 aliphatic carbocycles. The third kappa shape index (κ3) is 4.83. The minimum atomic E-state index is -0.000372. The number of benzene rings is 1. The maximum absolute atomic E-state index is 12.2. The van der Waals surface area contributed by atoms with E-state index in [4.69, 9.17) is 0 Å². The van der Waals surface area contributed by atoms with Crippen LogP contribution in [0.2, 0.25) is 0 Å². The first kappa shape index (κ1) is 16.0. The fourth-order valence-corrected chi connectivity index (χ4v) is 3.00. The lowest BCUT2D eigenvalue weighted by molar-refractivity contribution is -0.118. The van der Waals surface area contributed by atoms with Crippen LogP contribution >= 0.6 is 0 Å². The number of aliphatic hydroxyl groups excluding tert-OH is 1. The van der Waals surface area contributed by atoms with Crippen molar-refractivity contribution in [3.05, 3.63) is 29.8 Å². The van der Waals surface area contributed by atoms with E-state index in [9.17, 15) is 9.90 Å². The number of nitrogens with one attached hydrogen (secondary N) is 1. The summed E-state index contributed by atoms with van der Waals surface area (Å²) in [5.41, 5.74) is 2.11. The molecular weight excluding hydrogens is 264 g/mol. The van der Waals surface area contributed by atoms with Gasteiger partial charge in [0.1, 0.15) is 0 Å². The maximum atomic E-state index is 12.2. The van der Waals surface area contributed by atoms with Gasteiger partial charge in [0, 0.05) is 18.3 Å². The highest BCUT2D eigenvalue weighted by Gasteiger charge is 2.23. The molecule has 1 fully saturated rings. The highest BCUT2D eigenvalue weighted by Crippen LogP contribution is 2.23. The quantitative estimate of drug-likeness (QED) is 0.811. The van der Waals surface area contributed by atoms with Gasteiger partial charge in [0.05, 0.1) is 13.2 Å². The second-order valence-electron chi connectivity index (χ2n) is 5.73. The zero-order chi connectivity index (χ0) is 15.1. The molecule has 1 saturated carbocycles. The summed E-state index contributed by atoms with van der Waals surface area (Å²) in [6.45, 7) is 3.16. The maximum Gasteiger partial charge on any atom is 0.238 e. The van der Waals surface area contributed by atoms with Crippen molar-refractivity contribution in [1.82, 2.24) is 4.90 Å². The van der Waals surface area contributed by atoms with Gasteiger partial charge in [-0.15, -0.1) is 0 Å². The van der Waals surface area contributed by atoms with Gasteiger partial charge in [-0.05, 0) is 37.0 Å². The van der Waals surface area contributed by atoms with E-state index in [1.165, 1.54) is 18.4 Å². The van der Waals surface area contributed by atoms with Crippen molar-refractivity contribution in [1.29, 1.82) is 0 Å². The molecule has 0 aliphatic heterocycles. The topological polar surface area (TPSA) is 52.6 Å². The summed E-state index contributed by atoms with van der Waals surface area (Å²) in [4.78, 5) is 14.3. The number of carbonyl (C=O) groups excluding carboxylic acids is 1. The van der Waals surface area contributed by atoms with Crippen molar-refractivity contribution >= 4 is 11.6 Å². The second-order valence-corrected chi connectivity index (χ2v) is 5.73. The Labute approximate surface area is 127 Å². The number of hydrogen-bond donors (Lipinski definition) is 2. The van der Waals surface area contributed by atoms with Crippen molar-refractivity contribution in [2.45, 2.75) is 45.1 Å². The van der Waals surface area contributed by atoms with Crippen molar-refractivity contribution in [3.63, 3.8) is 0 Å². The lowest BCUT2D eigenvalue weighted by atomic mass is 10.1. The first-order valence-corrected chi connectivity index (χ1v) is 7.96. The molecule has 0 heterocycles. The largest absolute Gasteiger partial charge is 0.395 e. The van der Waals surface area contributed by atoms with Crippen LogP contribution < -0.4 is 5.32 Å². The Morgan fingerprint density at radius 1 is 1.29 bits per heavy atom. The summed E-state index contributed by atoms with van der Waals surface area (Å²) < 4.78 is 0. The van der Waals surface area contributed by atoms with Crippen LogP contribution in [0.4, 0.5) is 5.69 Å². The minimum Gasteiger partial charge on any atom is -0.395 e. The molecular formula is C17H26N2O2. The smallest absolute Gasteiger partial charge is 0.238 e. The molecule has 1 aliphatic rings. The minimum absolute atomic E-state index is 0.000372. The number of carbonyl (C=O) groups is 1. The molecule has 116 valence electrons. The number of rotatable bonds is 7. The average molecular weight is 290 g/mol. The van der Waals surface area contributed by atoms with Gasteiger partial charge in [-0.25, -0.2) is 0 Å². The molecule has 0 bridgehead atoms. The van der Waals surface area contributed by atoms with Crippen LogP contribution in [0.5, 0.6) is 0 Å². The normalized spacial score (nSPS) is 15.6. The number of amides is 1. The molecule has 0 aromatic heterocycles. The lowest BCUT2D eigenvalue weighted by Crippen LogP contribution is -2.41. The highest BCUT2D eigenvalue weighted by atomic mass is 16.3. The summed E-state index contributed by atoms with van der Waals surface area (Å²) in [6.07, 6.45) is 5.73. The highest BCUT2D eigenvalue weighted by molar-refractivity contribution is 5.92. The molecule has 0 unspecified atom stereocenters. The first-order valence-electron chi connectivity index (χ1n) is 7.96. The molecule has 0 atom stereocenters. The van der Waals surface area contributed by atoms with Gasteiger partial charge in [-0.3, -0.25) is 9.69 Å². The fourth-order valence-electron chi connectivity index (χ4n) is 3.00. The monoisotopic (exact) mass is 290 g/mol. The molecule has 4 heteroatoms. The summed E-state index contributed by atoms with van der Waals surface area (Å²) in [7, 11) is 0. The van der Waals surface area contributed by atoms with Crippen LogP contribution in [0.1, 0.15) is 38.2 Å². The molecule has 2 N–H and O–H groups in total. The zero-order valence-corrected chi connectivity index (χ0v) is 12.8. The third-order valence-corrected chi connectivity index (χ3v) is 4.22. The van der Waals surface area contributed by atoms with Gasteiger partial charge in [0.25, 0.3) is 0 Å². The Morgan fingerprint density at radius 3 is 2.52 bits per heavy atom. The van der Waals surface area contributed by atoms with Crippen LogP contribution in [0, 0.1) is 0 Å². The van der Waals surface area contributed by atoms with Gasteiger partial charge in [0.15, 0.2) is 0 Å². The van der Waals surface area contributed by atoms with Crippen molar-refractivity contribution in [3.8, 4) is 0 Å². The summed E-state index contributed by atoms with van der Waals surface area (Å²) >= 11 is 0. The predicted molar refractivity (Wildman–Crippen MR) is 85.4 cm³/mol. The van der Waals surface area contributed by atoms with Crippen molar-refractivity contribution < 1.29 is 9.90 Å². The van der Waals surface area contributed by atoms with E-state index in [1.807, 2.05) is 24.3 Å². The molecule has 1 aromatic carbocycles. The standard InChI is InChI=1S/C17H26N2O2/c1-2-14-7-9-15(10-8-14)18-17(21)13-19(11-12-20)16-5-3-4-6-16/h7-10,16,20H,2-6,11-13H2,1H3,(H,18,21). The molecule has 0 radical (unpaired) electrons. The van der Waals surface area contributed by atoms with Gasteiger partial charge in [-0.1, -0.05) is 31.9 Å². The van der Waals surface area contributed by atoms with Gasteiger partial charge >= 0.3 is 0 Å². The van der Waals surface area contributed by atoms with E-state index in [1.54, 1.807) is 0 Å². The van der Waals surface area contributed by atoms with Crippen molar-refractivity contribution in [2.75, 3.05) is 25.0 Å². The van der Waals surface area contributed by atoms with Crippen LogP contribution in [0.15, 0.2) is 24.3 Å². The van der Waals surface area contributed by atoms with E-state index in [-0.39, 0.29) is 12.5 Å². The van der Waals surface area contributed by atoms with Crippen LogP contribution in [-0.4, -0.2) is 41.7 Å². The molecule has 4 nitrogen and oxygen atoms in total. The fraction of sp³-hybridized carbons (Fsp3) is 0.588. The molecule has 21 heavy (non-hydrogen) atoms. The Hall–Kier alpha value is -1.39. The van der Waals surface area contributed by atoms with E-state index >= 15 is 0 Å². The Morgan fingerprint density at radius 2 is 1.95 bits per heavy atom. The molecule has 1 amide bonds. The molecule has 0 spiro atoms. The zero-order valence-electron chi connectivity index (χ0n) is 12.8. The lowest BCUT2D eigenvalue weighted by Gasteiger charge is -2.27. The summed E-state index contributed by atoms with van der Waals surface area (Å²) in [6, 6.07) is 8.42. The van der Waals surface area contributed by atoms with Gasteiger partial charge in [0.2, 0.25) is 5.91 Å². The Balaban J connectivity index is 1.88. The molecule has 2 rings (SSSR count). The van der Waals surface area contributed by atoms with E-state index < -0.39 is 0 Å². The number of aryl methyl sites for hydroxylation is 1. The number of aliphatic hydroxyl groups is 1.